The number of hydrogen-bond donors (Lipinski definition) is 0. The number of methoxy groups -OCH3 is 1. The average molecular weight is 218 g/mol. The number of allylic oxidation sites excluding steroid dienone is 1. The maximum absolute atomic E-state index is 12.0. The van der Waals surface area contributed by atoms with E-state index in [2.05, 4.69) is 6.58 Å². The van der Waals surface area contributed by atoms with Crippen molar-refractivity contribution >= 4 is 5.78 Å². The van der Waals surface area contributed by atoms with Crippen LogP contribution >= 0.6 is 0 Å². The van der Waals surface area contributed by atoms with Crippen molar-refractivity contribution in [1.29, 1.82) is 0 Å². The fraction of sp³-hybridized carbons (Fsp3) is 0.357. The molecule has 0 aliphatic rings. The summed E-state index contributed by atoms with van der Waals surface area (Å²) in [6.45, 7) is 7.83. The lowest BCUT2D eigenvalue weighted by Crippen LogP contribution is -2.03. The summed E-state index contributed by atoms with van der Waals surface area (Å²) in [4.78, 5) is 12.0. The van der Waals surface area contributed by atoms with Crippen LogP contribution in [0.3, 0.4) is 0 Å². The van der Waals surface area contributed by atoms with Gasteiger partial charge in [0.2, 0.25) is 0 Å². The highest BCUT2D eigenvalue weighted by Crippen LogP contribution is 2.22. The van der Waals surface area contributed by atoms with Gasteiger partial charge in [-0.2, -0.15) is 0 Å². The third-order valence-corrected chi connectivity index (χ3v) is 2.57. The second-order valence-electron chi connectivity index (χ2n) is 3.91. The molecule has 2 nitrogen and oxygen atoms in total. The Bertz CT molecular complexity index is 405. The van der Waals surface area contributed by atoms with Gasteiger partial charge in [-0.3, -0.25) is 4.79 Å². The van der Waals surface area contributed by atoms with E-state index in [-0.39, 0.29) is 5.78 Å². The summed E-state index contributed by atoms with van der Waals surface area (Å²) in [5.74, 6) is 0.720. The predicted molar refractivity (Wildman–Crippen MR) is 66.1 cm³/mol. The van der Waals surface area contributed by atoms with E-state index in [1.807, 2.05) is 32.0 Å². The second-order valence-corrected chi connectivity index (χ2v) is 3.91. The van der Waals surface area contributed by atoms with Gasteiger partial charge < -0.3 is 4.74 Å². The van der Waals surface area contributed by atoms with Crippen LogP contribution in [0.2, 0.25) is 0 Å². The normalized spacial score (nSPS) is 9.94. The maximum Gasteiger partial charge on any atom is 0.170 e. The van der Waals surface area contributed by atoms with Crippen LogP contribution < -0.4 is 4.74 Å². The lowest BCUT2D eigenvalue weighted by atomic mass is 10.0. The molecule has 0 aliphatic heterocycles. The predicted octanol–water partition coefficient (Wildman–Crippen LogP) is 3.54. The van der Waals surface area contributed by atoms with E-state index in [0.717, 1.165) is 17.6 Å². The quantitative estimate of drug-likeness (QED) is 0.558. The van der Waals surface area contributed by atoms with Crippen molar-refractivity contribution in [2.24, 2.45) is 0 Å². The monoisotopic (exact) mass is 218 g/mol. The van der Waals surface area contributed by atoms with E-state index in [9.17, 15) is 4.79 Å². The van der Waals surface area contributed by atoms with Gasteiger partial charge in [-0.1, -0.05) is 25.1 Å². The lowest BCUT2D eigenvalue weighted by Gasteiger charge is -2.09. The lowest BCUT2D eigenvalue weighted by molar-refractivity contribution is 0.0989. The van der Waals surface area contributed by atoms with Crippen LogP contribution in [0, 0.1) is 6.92 Å². The first-order valence-electron chi connectivity index (χ1n) is 5.43. The molecule has 0 saturated carbocycles. The zero-order chi connectivity index (χ0) is 12.1. The zero-order valence-electron chi connectivity index (χ0n) is 10.2. The Kier molecular flexibility index (Phi) is 4.29. The fourth-order valence-corrected chi connectivity index (χ4v) is 1.48. The van der Waals surface area contributed by atoms with Gasteiger partial charge in [-0.05, 0) is 31.0 Å². The molecular weight excluding hydrogens is 200 g/mol. The molecule has 0 spiro atoms. The molecule has 0 aromatic heterocycles. The highest BCUT2D eigenvalue weighted by Gasteiger charge is 2.12. The number of hydrogen-bond acceptors (Lipinski definition) is 2. The third kappa shape index (κ3) is 2.96. The van der Waals surface area contributed by atoms with Gasteiger partial charge in [0.1, 0.15) is 5.75 Å². The van der Waals surface area contributed by atoms with Crippen LogP contribution in [0.1, 0.15) is 35.7 Å². The maximum atomic E-state index is 12.0. The molecule has 0 N–H and O–H groups in total. The van der Waals surface area contributed by atoms with E-state index < -0.39 is 0 Å². The van der Waals surface area contributed by atoms with Crippen molar-refractivity contribution in [3.8, 4) is 5.75 Å². The minimum absolute atomic E-state index is 0.0729. The smallest absolute Gasteiger partial charge is 0.170 e. The van der Waals surface area contributed by atoms with Crippen molar-refractivity contribution in [2.45, 2.75) is 26.7 Å². The number of aryl methyl sites for hydroxylation is 1. The molecule has 0 aliphatic carbocycles. The van der Waals surface area contributed by atoms with Gasteiger partial charge in [0.05, 0.1) is 12.7 Å². The summed E-state index contributed by atoms with van der Waals surface area (Å²) in [5.41, 5.74) is 2.68. The van der Waals surface area contributed by atoms with E-state index in [4.69, 9.17) is 4.74 Å². The molecule has 0 amide bonds. The van der Waals surface area contributed by atoms with Crippen LogP contribution in [0.15, 0.2) is 30.4 Å². The molecule has 1 rings (SSSR count). The molecule has 2 heteroatoms. The minimum atomic E-state index is 0.0729. The number of ketones is 1. The Balaban J connectivity index is 2.94. The van der Waals surface area contributed by atoms with Gasteiger partial charge >= 0.3 is 0 Å². The third-order valence-electron chi connectivity index (χ3n) is 2.57. The molecule has 0 saturated heterocycles. The Labute approximate surface area is 96.9 Å². The molecule has 0 radical (unpaired) electrons. The summed E-state index contributed by atoms with van der Waals surface area (Å²) in [5, 5.41) is 0. The molecule has 1 aromatic carbocycles. The first-order chi connectivity index (χ1) is 7.58. The summed E-state index contributed by atoms with van der Waals surface area (Å²) in [6.07, 6.45) is 1.23. The van der Waals surface area contributed by atoms with Crippen molar-refractivity contribution < 1.29 is 9.53 Å². The Hall–Kier alpha value is -1.57. The van der Waals surface area contributed by atoms with Crippen molar-refractivity contribution in [1.82, 2.24) is 0 Å². The summed E-state index contributed by atoms with van der Waals surface area (Å²) in [6, 6.07) is 5.62. The zero-order valence-corrected chi connectivity index (χ0v) is 10.2. The Morgan fingerprint density at radius 3 is 2.69 bits per heavy atom. The number of carbonyl (C=O) groups is 1. The SMILES string of the molecule is C=C(CC)CC(=O)c1ccc(C)cc1OC. The van der Waals surface area contributed by atoms with Gasteiger partial charge in [0.15, 0.2) is 5.78 Å². The van der Waals surface area contributed by atoms with Crippen LogP contribution in [0.4, 0.5) is 0 Å². The fourth-order valence-electron chi connectivity index (χ4n) is 1.48. The van der Waals surface area contributed by atoms with E-state index in [0.29, 0.717) is 17.7 Å². The molecule has 86 valence electrons. The first-order valence-corrected chi connectivity index (χ1v) is 5.43. The van der Waals surface area contributed by atoms with E-state index >= 15 is 0 Å². The highest BCUT2D eigenvalue weighted by molar-refractivity contribution is 6.00. The number of Topliss-reactive ketones (excluding diaryl/α,β-unsaturated/α-hetero) is 1. The molecule has 0 bridgehead atoms. The topological polar surface area (TPSA) is 26.3 Å². The van der Waals surface area contributed by atoms with Gasteiger partial charge in [-0.25, -0.2) is 0 Å². The minimum Gasteiger partial charge on any atom is -0.496 e. The molecule has 0 atom stereocenters. The number of carbonyl (C=O) groups excluding carboxylic acids is 1. The standard InChI is InChI=1S/C14H18O2/c1-5-10(2)8-13(15)12-7-6-11(3)9-14(12)16-4/h6-7,9H,2,5,8H2,1,3-4H3. The molecule has 0 heterocycles. The molecule has 0 unspecified atom stereocenters. The van der Waals surface area contributed by atoms with Crippen LogP contribution in [-0.2, 0) is 0 Å². The highest BCUT2D eigenvalue weighted by atomic mass is 16.5. The second kappa shape index (κ2) is 5.50. The van der Waals surface area contributed by atoms with Crippen LogP contribution in [0.25, 0.3) is 0 Å². The summed E-state index contributed by atoms with van der Waals surface area (Å²) < 4.78 is 5.21. The molecule has 0 fully saturated rings. The van der Waals surface area contributed by atoms with Gasteiger partial charge in [0.25, 0.3) is 0 Å². The molecule has 16 heavy (non-hydrogen) atoms. The number of ether oxygens (including phenoxy) is 1. The largest absolute Gasteiger partial charge is 0.496 e. The van der Waals surface area contributed by atoms with Gasteiger partial charge in [-0.15, -0.1) is 0 Å². The van der Waals surface area contributed by atoms with Crippen LogP contribution in [-0.4, -0.2) is 12.9 Å². The summed E-state index contributed by atoms with van der Waals surface area (Å²) in [7, 11) is 1.58. The average Bonchev–Trinajstić information content (AvgIpc) is 2.28. The van der Waals surface area contributed by atoms with Crippen molar-refractivity contribution in [3.63, 3.8) is 0 Å². The summed E-state index contributed by atoms with van der Waals surface area (Å²) >= 11 is 0. The Morgan fingerprint density at radius 1 is 1.44 bits per heavy atom. The van der Waals surface area contributed by atoms with Crippen molar-refractivity contribution in [3.05, 3.63) is 41.5 Å². The van der Waals surface area contributed by atoms with E-state index in [1.165, 1.54) is 0 Å². The van der Waals surface area contributed by atoms with Crippen LogP contribution in [0.5, 0.6) is 5.75 Å². The van der Waals surface area contributed by atoms with Gasteiger partial charge in [0, 0.05) is 6.42 Å². The van der Waals surface area contributed by atoms with E-state index in [1.54, 1.807) is 7.11 Å². The Morgan fingerprint density at radius 2 is 2.12 bits per heavy atom. The number of benzene rings is 1. The first kappa shape index (κ1) is 12.5. The molecular formula is C14H18O2. The van der Waals surface area contributed by atoms with Crippen molar-refractivity contribution in [2.75, 3.05) is 7.11 Å². The molecule has 1 aromatic rings. The number of rotatable bonds is 5.